The summed E-state index contributed by atoms with van der Waals surface area (Å²) in [6.07, 6.45) is 12.7. The molecule has 0 bridgehead atoms. The molecule has 41 heavy (non-hydrogen) atoms. The average molecular weight is 550 g/mol. The summed E-state index contributed by atoms with van der Waals surface area (Å²) in [7, 11) is 7.22. The molecule has 1 aliphatic rings. The van der Waals surface area contributed by atoms with Gasteiger partial charge in [-0.05, 0) is 55.7 Å². The zero-order valence-corrected chi connectivity index (χ0v) is 24.4. The van der Waals surface area contributed by atoms with Gasteiger partial charge in [-0.3, -0.25) is 19.1 Å². The van der Waals surface area contributed by atoms with E-state index < -0.39 is 0 Å². The zero-order chi connectivity index (χ0) is 29.4. The second kappa shape index (κ2) is 11.1. The Balaban J connectivity index is 1.46. The predicted molar refractivity (Wildman–Crippen MR) is 163 cm³/mol. The van der Waals surface area contributed by atoms with E-state index in [1.165, 1.54) is 5.57 Å². The maximum atomic E-state index is 12.9. The minimum absolute atomic E-state index is 0.101. The molecule has 0 saturated carbocycles. The Hall–Kier alpha value is -4.68. The van der Waals surface area contributed by atoms with Crippen LogP contribution in [0.3, 0.4) is 0 Å². The van der Waals surface area contributed by atoms with Gasteiger partial charge in [0.2, 0.25) is 0 Å². The first-order chi connectivity index (χ1) is 19.6. The number of pyridine rings is 3. The summed E-state index contributed by atoms with van der Waals surface area (Å²) in [5.41, 5.74) is 7.78. The lowest BCUT2D eigenvalue weighted by atomic mass is 9.93. The number of hydrogen-bond acceptors (Lipinski definition) is 6. The van der Waals surface area contributed by atoms with Crippen LogP contribution in [-0.4, -0.2) is 69.0 Å². The monoisotopic (exact) mass is 549 g/mol. The molecular weight excluding hydrogens is 514 g/mol. The third kappa shape index (κ3) is 5.03. The van der Waals surface area contributed by atoms with Crippen LogP contribution in [-0.2, 0) is 7.05 Å². The normalized spacial score (nSPS) is 14.4. The molecule has 9 heteroatoms. The largest absolute Gasteiger partial charge is 0.388 e. The van der Waals surface area contributed by atoms with Crippen LogP contribution in [0.25, 0.3) is 22.3 Å². The Bertz CT molecular complexity index is 1770. The number of carbonyl (C=O) groups is 1. The molecule has 1 amide bonds. The van der Waals surface area contributed by atoms with Crippen LogP contribution in [0, 0.1) is 26.2 Å². The van der Waals surface area contributed by atoms with Gasteiger partial charge in [-0.2, -0.15) is 0 Å². The van der Waals surface area contributed by atoms with E-state index in [1.807, 2.05) is 43.7 Å². The minimum atomic E-state index is -0.274. The van der Waals surface area contributed by atoms with Crippen molar-refractivity contribution in [1.82, 2.24) is 28.9 Å². The highest BCUT2D eigenvalue weighted by Gasteiger charge is 2.26. The van der Waals surface area contributed by atoms with Gasteiger partial charge in [0.1, 0.15) is 17.4 Å². The molecule has 4 aromatic heterocycles. The van der Waals surface area contributed by atoms with Crippen molar-refractivity contribution in [2.45, 2.75) is 26.3 Å². The Morgan fingerprint density at radius 3 is 2.59 bits per heavy atom. The molecule has 4 aromatic rings. The first kappa shape index (κ1) is 27.9. The molecule has 9 nitrogen and oxygen atoms in total. The molecule has 1 atom stereocenters. The fraction of sp³-hybridized carbons (Fsp3) is 0.312. The van der Waals surface area contributed by atoms with Gasteiger partial charge in [0, 0.05) is 87.8 Å². The number of aryl methyl sites for hydroxylation is 3. The summed E-state index contributed by atoms with van der Waals surface area (Å²) in [5.74, 6) is 2.90. The lowest BCUT2D eigenvalue weighted by molar-refractivity contribution is 0.0821. The lowest BCUT2D eigenvalue weighted by Crippen LogP contribution is -2.33. The van der Waals surface area contributed by atoms with Crippen LogP contribution < -0.4 is 10.9 Å². The number of anilines is 1. The summed E-state index contributed by atoms with van der Waals surface area (Å²) in [6.45, 7) is 5.44. The molecule has 0 spiro atoms. The zero-order valence-electron chi connectivity index (χ0n) is 24.4. The van der Waals surface area contributed by atoms with Crippen molar-refractivity contribution in [3.05, 3.63) is 87.4 Å². The van der Waals surface area contributed by atoms with Crippen molar-refractivity contribution in [3.8, 4) is 18.0 Å². The van der Waals surface area contributed by atoms with Gasteiger partial charge in [-0.25, -0.2) is 9.97 Å². The molecule has 0 saturated heterocycles. The van der Waals surface area contributed by atoms with Crippen molar-refractivity contribution in [2.24, 2.45) is 7.05 Å². The van der Waals surface area contributed by atoms with Crippen LogP contribution in [0.4, 0.5) is 5.69 Å². The van der Waals surface area contributed by atoms with Crippen molar-refractivity contribution in [2.75, 3.05) is 39.5 Å². The Morgan fingerprint density at radius 2 is 1.98 bits per heavy atom. The molecule has 0 radical (unpaired) electrons. The van der Waals surface area contributed by atoms with Crippen LogP contribution in [0.5, 0.6) is 0 Å². The second-order valence-electron chi connectivity index (χ2n) is 10.6. The third-order valence-corrected chi connectivity index (χ3v) is 7.80. The molecule has 0 fully saturated rings. The summed E-state index contributed by atoms with van der Waals surface area (Å²) in [6, 6.07) is 8.95. The fourth-order valence-electron chi connectivity index (χ4n) is 5.71. The topological polar surface area (TPSA) is 88.3 Å². The highest BCUT2D eigenvalue weighted by atomic mass is 16.2. The molecular formula is C32H35N7O2. The highest BCUT2D eigenvalue weighted by Crippen LogP contribution is 2.33. The summed E-state index contributed by atoms with van der Waals surface area (Å²) in [4.78, 5) is 38.4. The van der Waals surface area contributed by atoms with E-state index in [2.05, 4.69) is 38.2 Å². The van der Waals surface area contributed by atoms with Crippen LogP contribution >= 0.6 is 0 Å². The summed E-state index contributed by atoms with van der Waals surface area (Å²) < 4.78 is 3.65. The van der Waals surface area contributed by atoms with Crippen molar-refractivity contribution >= 4 is 28.2 Å². The van der Waals surface area contributed by atoms with Gasteiger partial charge in [0.25, 0.3) is 11.5 Å². The Labute approximate surface area is 240 Å². The van der Waals surface area contributed by atoms with E-state index in [9.17, 15) is 9.59 Å². The second-order valence-corrected chi connectivity index (χ2v) is 10.6. The maximum Gasteiger partial charge on any atom is 0.271 e. The molecule has 0 aliphatic carbocycles. The van der Waals surface area contributed by atoms with E-state index in [0.29, 0.717) is 12.2 Å². The van der Waals surface area contributed by atoms with Crippen LogP contribution in [0.2, 0.25) is 0 Å². The van der Waals surface area contributed by atoms with Crippen LogP contribution in [0.15, 0.2) is 53.6 Å². The predicted octanol–water partition coefficient (Wildman–Crippen LogP) is 3.94. The van der Waals surface area contributed by atoms with Gasteiger partial charge in [-0.1, -0.05) is 12.0 Å². The SMILES string of the molecule is C#C[C@H](c1cc2c(-n3ccc(NC)cc3=O)ccnc2n1C)N1CC=C(c2c(C)cc(C(=O)N(C)C)nc2C)CC1. The van der Waals surface area contributed by atoms with E-state index in [4.69, 9.17) is 6.42 Å². The highest BCUT2D eigenvalue weighted by molar-refractivity contribution is 5.92. The van der Waals surface area contributed by atoms with E-state index in [-0.39, 0.29) is 17.5 Å². The van der Waals surface area contributed by atoms with E-state index in [1.54, 1.807) is 49.1 Å². The first-order valence-electron chi connectivity index (χ1n) is 13.6. The molecule has 1 aliphatic heterocycles. The number of aromatic nitrogens is 4. The van der Waals surface area contributed by atoms with Gasteiger partial charge in [0.15, 0.2) is 0 Å². The Kier molecular flexibility index (Phi) is 7.52. The number of nitrogens with one attached hydrogen (secondary N) is 1. The third-order valence-electron chi connectivity index (χ3n) is 7.80. The number of terminal acetylenes is 1. The molecule has 5 rings (SSSR count). The number of nitrogens with zero attached hydrogens (tertiary/aromatic N) is 6. The van der Waals surface area contributed by atoms with Crippen molar-refractivity contribution in [3.63, 3.8) is 0 Å². The molecule has 5 heterocycles. The number of rotatable bonds is 6. The minimum Gasteiger partial charge on any atom is -0.388 e. The van der Waals surface area contributed by atoms with Crippen molar-refractivity contribution < 1.29 is 4.79 Å². The quantitative estimate of drug-likeness (QED) is 0.367. The van der Waals surface area contributed by atoms with Gasteiger partial charge in [0.05, 0.1) is 5.69 Å². The molecule has 0 aromatic carbocycles. The van der Waals surface area contributed by atoms with Crippen molar-refractivity contribution in [1.29, 1.82) is 0 Å². The number of fused-ring (bicyclic) bond motifs is 1. The number of amides is 1. The number of carbonyl (C=O) groups excluding carboxylic acids is 1. The summed E-state index contributed by atoms with van der Waals surface area (Å²) in [5, 5.41) is 3.87. The smallest absolute Gasteiger partial charge is 0.271 e. The Morgan fingerprint density at radius 1 is 1.20 bits per heavy atom. The standard InChI is InChI=1S/C32H35N7O2/c1-8-26(38-14-10-22(11-15-38)30-20(2)17-25(35-21(30)3)32(41)36(5)6)28-19-24-27(9-13-34-31(24)37(28)7)39-16-12-23(33-4)18-29(39)40/h1,9-10,12-13,16-19,26,33H,11,14-15H2,2-7H3/t26-/m1/s1. The fourth-order valence-corrected chi connectivity index (χ4v) is 5.71. The average Bonchev–Trinajstić information content (AvgIpc) is 3.29. The molecule has 0 unspecified atom stereocenters. The maximum absolute atomic E-state index is 12.9. The summed E-state index contributed by atoms with van der Waals surface area (Å²) >= 11 is 0. The molecule has 210 valence electrons. The lowest BCUT2D eigenvalue weighted by Gasteiger charge is -2.32. The van der Waals surface area contributed by atoms with E-state index >= 15 is 0 Å². The number of hydrogen-bond donors (Lipinski definition) is 1. The van der Waals surface area contributed by atoms with Crippen LogP contribution in [0.1, 0.15) is 45.5 Å². The molecule has 1 N–H and O–H groups in total. The first-order valence-corrected chi connectivity index (χ1v) is 13.6. The van der Waals surface area contributed by atoms with Gasteiger partial charge < -0.3 is 14.8 Å². The van der Waals surface area contributed by atoms with E-state index in [0.717, 1.165) is 57.9 Å². The van der Waals surface area contributed by atoms with Gasteiger partial charge >= 0.3 is 0 Å². The van der Waals surface area contributed by atoms with Gasteiger partial charge in [-0.15, -0.1) is 6.42 Å².